The number of rotatable bonds is 4. The number of carbonyl (C=O) groups excluding carboxylic acids is 1. The van der Waals surface area contributed by atoms with Crippen molar-refractivity contribution in [2.24, 2.45) is 5.73 Å². The van der Waals surface area contributed by atoms with E-state index in [0.29, 0.717) is 12.3 Å². The van der Waals surface area contributed by atoms with E-state index in [0.717, 1.165) is 38.8 Å². The molecule has 1 aromatic carbocycles. The Labute approximate surface area is 129 Å². The maximum absolute atomic E-state index is 12.2. The van der Waals surface area contributed by atoms with Crippen LogP contribution in [-0.4, -0.2) is 29.9 Å². The van der Waals surface area contributed by atoms with Crippen molar-refractivity contribution in [1.82, 2.24) is 4.90 Å². The summed E-state index contributed by atoms with van der Waals surface area (Å²) >= 11 is 1.79. The van der Waals surface area contributed by atoms with Gasteiger partial charge in [-0.05, 0) is 48.1 Å². The quantitative estimate of drug-likeness (QED) is 0.943. The molecule has 4 heteroatoms. The lowest BCUT2D eigenvalue weighted by Gasteiger charge is -2.30. The lowest BCUT2D eigenvalue weighted by atomic mass is 10.0. The Bertz CT molecular complexity index is 614. The summed E-state index contributed by atoms with van der Waals surface area (Å²) in [5, 5.41) is 3.58. The van der Waals surface area contributed by atoms with Crippen LogP contribution < -0.4 is 5.73 Å². The summed E-state index contributed by atoms with van der Waals surface area (Å²) in [5.41, 5.74) is 7.26. The van der Waals surface area contributed by atoms with Gasteiger partial charge in [0, 0.05) is 30.3 Å². The van der Waals surface area contributed by atoms with Gasteiger partial charge in [0.2, 0.25) is 5.91 Å². The lowest BCUT2D eigenvalue weighted by Crippen LogP contribution is -2.42. The van der Waals surface area contributed by atoms with E-state index in [1.165, 1.54) is 15.6 Å². The van der Waals surface area contributed by atoms with Crippen molar-refractivity contribution in [2.75, 3.05) is 13.1 Å². The zero-order valence-electron chi connectivity index (χ0n) is 12.3. The largest absolute Gasteiger partial charge is 0.343 e. The predicted octanol–water partition coefficient (Wildman–Crippen LogP) is 3.17. The van der Waals surface area contributed by atoms with Crippen LogP contribution in [0.3, 0.4) is 0 Å². The molecule has 0 bridgehead atoms. The molecule has 0 saturated carbocycles. The minimum atomic E-state index is 0.284. The van der Waals surface area contributed by atoms with Crippen molar-refractivity contribution in [3.05, 3.63) is 35.2 Å². The number of likely N-dealkylation sites (tertiary alicyclic amines) is 1. The standard InChI is InChI=1S/C17H22N2OS/c18-14-8-10-19(11-9-14)17(20)7-3-4-13-12-21-16-6-2-1-5-15(13)16/h1-2,5-6,12,14H,3-4,7-11,18H2. The molecule has 0 radical (unpaired) electrons. The Balaban J connectivity index is 1.51. The van der Waals surface area contributed by atoms with E-state index in [2.05, 4.69) is 29.6 Å². The van der Waals surface area contributed by atoms with Gasteiger partial charge < -0.3 is 10.6 Å². The summed E-state index contributed by atoms with van der Waals surface area (Å²) in [7, 11) is 0. The Morgan fingerprint density at radius 3 is 2.86 bits per heavy atom. The Morgan fingerprint density at radius 1 is 1.29 bits per heavy atom. The fourth-order valence-corrected chi connectivity index (χ4v) is 3.96. The summed E-state index contributed by atoms with van der Waals surface area (Å²) in [6.07, 6.45) is 4.46. The summed E-state index contributed by atoms with van der Waals surface area (Å²) in [4.78, 5) is 14.2. The molecular formula is C17H22N2OS. The van der Waals surface area contributed by atoms with Crippen LogP contribution in [0.15, 0.2) is 29.6 Å². The average molecular weight is 302 g/mol. The molecule has 21 heavy (non-hydrogen) atoms. The SMILES string of the molecule is NC1CCN(C(=O)CCCc2csc3ccccc23)CC1. The first-order valence-corrected chi connectivity index (χ1v) is 8.60. The molecule has 3 nitrogen and oxygen atoms in total. The van der Waals surface area contributed by atoms with Crippen LogP contribution in [0.5, 0.6) is 0 Å². The van der Waals surface area contributed by atoms with E-state index in [4.69, 9.17) is 5.73 Å². The Morgan fingerprint density at radius 2 is 2.05 bits per heavy atom. The van der Waals surface area contributed by atoms with Crippen LogP contribution in [-0.2, 0) is 11.2 Å². The monoisotopic (exact) mass is 302 g/mol. The van der Waals surface area contributed by atoms with E-state index in [1.54, 1.807) is 11.3 Å². The van der Waals surface area contributed by atoms with Crippen molar-refractivity contribution in [3.8, 4) is 0 Å². The van der Waals surface area contributed by atoms with E-state index in [-0.39, 0.29) is 6.04 Å². The fraction of sp³-hybridized carbons (Fsp3) is 0.471. The molecule has 0 spiro atoms. The number of nitrogens with two attached hydrogens (primary N) is 1. The van der Waals surface area contributed by atoms with Gasteiger partial charge in [-0.1, -0.05) is 18.2 Å². The zero-order chi connectivity index (χ0) is 14.7. The van der Waals surface area contributed by atoms with Crippen LogP contribution in [0.25, 0.3) is 10.1 Å². The molecule has 1 aliphatic rings. The van der Waals surface area contributed by atoms with E-state index in [9.17, 15) is 4.79 Å². The number of fused-ring (bicyclic) bond motifs is 1. The number of thiophene rings is 1. The van der Waals surface area contributed by atoms with Gasteiger partial charge in [0.25, 0.3) is 0 Å². The molecule has 1 amide bonds. The molecule has 1 aromatic heterocycles. The first-order chi connectivity index (χ1) is 10.2. The molecule has 112 valence electrons. The first-order valence-electron chi connectivity index (χ1n) is 7.72. The smallest absolute Gasteiger partial charge is 0.222 e. The molecule has 2 heterocycles. The lowest BCUT2D eigenvalue weighted by molar-refractivity contribution is -0.132. The average Bonchev–Trinajstić information content (AvgIpc) is 2.91. The van der Waals surface area contributed by atoms with Gasteiger partial charge in [0.1, 0.15) is 0 Å². The molecular weight excluding hydrogens is 280 g/mol. The van der Waals surface area contributed by atoms with Gasteiger partial charge in [0.15, 0.2) is 0 Å². The summed E-state index contributed by atoms with van der Waals surface area (Å²) in [5.74, 6) is 0.293. The molecule has 2 aromatic rings. The van der Waals surface area contributed by atoms with Gasteiger partial charge in [-0.15, -0.1) is 11.3 Å². The van der Waals surface area contributed by atoms with Crippen LogP contribution in [0.2, 0.25) is 0 Å². The van der Waals surface area contributed by atoms with Gasteiger partial charge >= 0.3 is 0 Å². The predicted molar refractivity (Wildman–Crippen MR) is 88.6 cm³/mol. The van der Waals surface area contributed by atoms with E-state index in [1.807, 2.05) is 4.90 Å². The van der Waals surface area contributed by atoms with Crippen molar-refractivity contribution in [3.63, 3.8) is 0 Å². The second-order valence-corrected chi connectivity index (χ2v) is 6.74. The maximum Gasteiger partial charge on any atom is 0.222 e. The Kier molecular flexibility index (Phi) is 4.56. The molecule has 1 fully saturated rings. The van der Waals surface area contributed by atoms with Gasteiger partial charge in [0.05, 0.1) is 0 Å². The molecule has 0 aliphatic carbocycles. The number of piperidine rings is 1. The highest BCUT2D eigenvalue weighted by Gasteiger charge is 2.20. The van der Waals surface area contributed by atoms with E-state index >= 15 is 0 Å². The number of hydrogen-bond donors (Lipinski definition) is 1. The van der Waals surface area contributed by atoms with Crippen LogP contribution in [0, 0.1) is 0 Å². The molecule has 2 N–H and O–H groups in total. The summed E-state index contributed by atoms with van der Waals surface area (Å²) < 4.78 is 1.34. The van der Waals surface area contributed by atoms with Gasteiger partial charge in [-0.3, -0.25) is 4.79 Å². The third kappa shape index (κ3) is 3.44. The highest BCUT2D eigenvalue weighted by molar-refractivity contribution is 7.17. The molecule has 1 aliphatic heterocycles. The van der Waals surface area contributed by atoms with Crippen molar-refractivity contribution >= 4 is 27.3 Å². The number of amides is 1. The number of carbonyl (C=O) groups is 1. The zero-order valence-corrected chi connectivity index (χ0v) is 13.1. The number of aryl methyl sites for hydroxylation is 1. The van der Waals surface area contributed by atoms with Gasteiger partial charge in [-0.25, -0.2) is 0 Å². The maximum atomic E-state index is 12.2. The van der Waals surface area contributed by atoms with Crippen molar-refractivity contribution < 1.29 is 4.79 Å². The molecule has 3 rings (SSSR count). The second-order valence-electron chi connectivity index (χ2n) is 5.83. The highest BCUT2D eigenvalue weighted by atomic mass is 32.1. The third-order valence-corrected chi connectivity index (χ3v) is 5.30. The Hall–Kier alpha value is -1.39. The van der Waals surface area contributed by atoms with Gasteiger partial charge in [-0.2, -0.15) is 0 Å². The third-order valence-electron chi connectivity index (χ3n) is 4.29. The second kappa shape index (κ2) is 6.58. The molecule has 1 saturated heterocycles. The number of benzene rings is 1. The topological polar surface area (TPSA) is 46.3 Å². The van der Waals surface area contributed by atoms with Crippen LogP contribution in [0.4, 0.5) is 0 Å². The molecule has 0 atom stereocenters. The fourth-order valence-electron chi connectivity index (χ4n) is 2.96. The van der Waals surface area contributed by atoms with Crippen molar-refractivity contribution in [2.45, 2.75) is 38.1 Å². The van der Waals surface area contributed by atoms with Crippen LogP contribution in [0.1, 0.15) is 31.2 Å². The summed E-state index contributed by atoms with van der Waals surface area (Å²) in [6.45, 7) is 1.67. The molecule has 0 unspecified atom stereocenters. The summed E-state index contributed by atoms with van der Waals surface area (Å²) in [6, 6.07) is 8.78. The van der Waals surface area contributed by atoms with Crippen molar-refractivity contribution in [1.29, 1.82) is 0 Å². The van der Waals surface area contributed by atoms with Crippen LogP contribution >= 0.6 is 11.3 Å². The number of nitrogens with zero attached hydrogens (tertiary/aromatic N) is 1. The minimum absolute atomic E-state index is 0.284. The first kappa shape index (κ1) is 14.5. The minimum Gasteiger partial charge on any atom is -0.343 e. The van der Waals surface area contributed by atoms with E-state index < -0.39 is 0 Å². The number of hydrogen-bond acceptors (Lipinski definition) is 3. The highest BCUT2D eigenvalue weighted by Crippen LogP contribution is 2.26. The normalized spacial score (nSPS) is 16.5.